The highest BCUT2D eigenvalue weighted by Crippen LogP contribution is 2.32. The molecule has 0 radical (unpaired) electrons. The highest BCUT2D eigenvalue weighted by atomic mass is 16.6. The van der Waals surface area contributed by atoms with Gasteiger partial charge in [0.15, 0.2) is 6.04 Å². The van der Waals surface area contributed by atoms with E-state index in [9.17, 15) is 14.9 Å². The fourth-order valence-corrected chi connectivity index (χ4v) is 2.47. The molecule has 8 nitrogen and oxygen atoms in total. The van der Waals surface area contributed by atoms with Gasteiger partial charge < -0.3 is 10.1 Å². The minimum absolute atomic E-state index is 0.0370. The van der Waals surface area contributed by atoms with E-state index < -0.39 is 16.6 Å². The van der Waals surface area contributed by atoms with E-state index in [4.69, 9.17) is 4.74 Å². The molecule has 1 atom stereocenters. The Bertz CT molecular complexity index is 775. The Kier molecular flexibility index (Phi) is 3.05. The van der Waals surface area contributed by atoms with Crippen molar-refractivity contribution in [2.24, 2.45) is 0 Å². The first-order valence-electron chi connectivity index (χ1n) is 6.89. The summed E-state index contributed by atoms with van der Waals surface area (Å²) in [6.07, 6.45) is 0. The number of non-ortho nitro benzene ring substituents is 1. The number of rotatable bonds is 2. The topological polar surface area (TPSA) is 99.3 Å². The van der Waals surface area contributed by atoms with Crippen LogP contribution in [-0.2, 0) is 9.53 Å². The molecule has 0 amide bonds. The summed E-state index contributed by atoms with van der Waals surface area (Å²) in [6.45, 7) is 5.75. The first-order valence-corrected chi connectivity index (χ1v) is 6.89. The van der Waals surface area contributed by atoms with Crippen molar-refractivity contribution in [3.8, 4) is 0 Å². The van der Waals surface area contributed by atoms with Crippen molar-refractivity contribution in [1.29, 1.82) is 0 Å². The lowest BCUT2D eigenvalue weighted by atomic mass is 10.2. The Morgan fingerprint density at radius 3 is 2.86 bits per heavy atom. The zero-order valence-electron chi connectivity index (χ0n) is 12.5. The molecule has 0 bridgehead atoms. The second kappa shape index (κ2) is 4.69. The second-order valence-electron chi connectivity index (χ2n) is 6.17. The largest absolute Gasteiger partial charge is 0.458 e. The fraction of sp³-hybridized carbons (Fsp3) is 0.429. The number of nitrogens with zero attached hydrogens (tertiary/aromatic N) is 3. The van der Waals surface area contributed by atoms with Crippen molar-refractivity contribution >= 4 is 28.6 Å². The summed E-state index contributed by atoms with van der Waals surface area (Å²) in [4.78, 5) is 27.2. The van der Waals surface area contributed by atoms with E-state index >= 15 is 0 Å². The third-order valence-electron chi connectivity index (χ3n) is 3.33. The number of aromatic nitrogens is 2. The van der Waals surface area contributed by atoms with Gasteiger partial charge in [-0.2, -0.15) is 0 Å². The number of benzene rings is 1. The van der Waals surface area contributed by atoms with Gasteiger partial charge in [-0.3, -0.25) is 14.7 Å². The zero-order chi connectivity index (χ0) is 16.1. The summed E-state index contributed by atoms with van der Waals surface area (Å²) in [5, 5.41) is 14.0. The zero-order valence-corrected chi connectivity index (χ0v) is 12.5. The summed E-state index contributed by atoms with van der Waals surface area (Å²) in [5.41, 5.74) is 0.513. The first-order chi connectivity index (χ1) is 10.3. The lowest BCUT2D eigenvalue weighted by Crippen LogP contribution is -2.30. The maximum atomic E-state index is 12.3. The number of carbonyl (C=O) groups is 1. The Labute approximate surface area is 126 Å². The van der Waals surface area contributed by atoms with E-state index in [1.165, 1.54) is 12.1 Å². The molecule has 2 aromatic rings. The maximum absolute atomic E-state index is 12.3. The van der Waals surface area contributed by atoms with Gasteiger partial charge in [0.1, 0.15) is 5.60 Å². The molecule has 0 spiro atoms. The van der Waals surface area contributed by atoms with Gasteiger partial charge in [0, 0.05) is 18.7 Å². The molecule has 1 N–H and O–H groups in total. The van der Waals surface area contributed by atoms with Crippen LogP contribution in [0.4, 0.5) is 11.6 Å². The molecule has 116 valence electrons. The molecule has 1 aliphatic heterocycles. The predicted octanol–water partition coefficient (Wildman–Crippen LogP) is 2.25. The van der Waals surface area contributed by atoms with E-state index in [-0.39, 0.29) is 11.7 Å². The minimum Gasteiger partial charge on any atom is -0.458 e. The smallest absolute Gasteiger partial charge is 0.331 e. The van der Waals surface area contributed by atoms with Crippen LogP contribution < -0.4 is 5.32 Å². The van der Waals surface area contributed by atoms with Gasteiger partial charge in [0.2, 0.25) is 5.95 Å². The Morgan fingerprint density at radius 2 is 2.23 bits per heavy atom. The SMILES string of the molecule is CC(C)(C)OC(=O)C1CNc2nc3ccc([N+](=O)[O-])cc3n21. The predicted molar refractivity (Wildman–Crippen MR) is 79.8 cm³/mol. The van der Waals surface area contributed by atoms with E-state index in [0.29, 0.717) is 23.5 Å². The summed E-state index contributed by atoms with van der Waals surface area (Å²) < 4.78 is 7.08. The number of anilines is 1. The molecule has 22 heavy (non-hydrogen) atoms. The van der Waals surface area contributed by atoms with Crippen molar-refractivity contribution in [1.82, 2.24) is 9.55 Å². The molecular formula is C14H16N4O4. The average molecular weight is 304 g/mol. The molecule has 1 unspecified atom stereocenters. The van der Waals surface area contributed by atoms with Crippen LogP contribution >= 0.6 is 0 Å². The highest BCUT2D eigenvalue weighted by Gasteiger charge is 2.34. The van der Waals surface area contributed by atoms with E-state index in [0.717, 1.165) is 0 Å². The van der Waals surface area contributed by atoms with Gasteiger partial charge in [-0.15, -0.1) is 0 Å². The van der Waals surface area contributed by atoms with Crippen molar-refractivity contribution in [2.45, 2.75) is 32.4 Å². The van der Waals surface area contributed by atoms with Crippen LogP contribution in [0.5, 0.6) is 0 Å². The summed E-state index contributed by atoms with van der Waals surface area (Å²) >= 11 is 0. The Morgan fingerprint density at radius 1 is 1.50 bits per heavy atom. The summed E-state index contributed by atoms with van der Waals surface area (Å²) in [7, 11) is 0. The lowest BCUT2D eigenvalue weighted by molar-refractivity contribution is -0.384. The fourth-order valence-electron chi connectivity index (χ4n) is 2.47. The molecule has 0 aliphatic carbocycles. The standard InChI is InChI=1S/C14H16N4O4/c1-14(2,3)22-12(19)11-7-15-13-16-9-5-4-8(18(20)21)6-10(9)17(11)13/h4-6,11H,7H2,1-3H3,(H,15,16). The Hall–Kier alpha value is -2.64. The number of hydrogen-bond donors (Lipinski definition) is 1. The first kappa shape index (κ1) is 14.3. The number of esters is 1. The molecule has 2 heterocycles. The van der Waals surface area contributed by atoms with Gasteiger partial charge in [-0.25, -0.2) is 9.78 Å². The summed E-state index contributed by atoms with van der Waals surface area (Å²) in [5.74, 6) is 0.135. The van der Waals surface area contributed by atoms with Crippen molar-refractivity contribution in [3.05, 3.63) is 28.3 Å². The average Bonchev–Trinajstić information content (AvgIpc) is 2.93. The number of nitrogens with one attached hydrogen (secondary N) is 1. The monoisotopic (exact) mass is 304 g/mol. The van der Waals surface area contributed by atoms with Crippen LogP contribution in [0.2, 0.25) is 0 Å². The van der Waals surface area contributed by atoms with Crippen LogP contribution in [0.3, 0.4) is 0 Å². The number of fused-ring (bicyclic) bond motifs is 3. The molecule has 0 saturated heterocycles. The van der Waals surface area contributed by atoms with E-state index in [1.807, 2.05) is 0 Å². The van der Waals surface area contributed by atoms with Crippen LogP contribution in [0.15, 0.2) is 18.2 Å². The number of ether oxygens (including phenoxy) is 1. The number of nitro groups is 1. The molecule has 1 aromatic heterocycles. The highest BCUT2D eigenvalue weighted by molar-refractivity contribution is 5.86. The van der Waals surface area contributed by atoms with Gasteiger partial charge in [-0.1, -0.05) is 0 Å². The minimum atomic E-state index is -0.595. The molecule has 1 aromatic carbocycles. The molecule has 1 aliphatic rings. The van der Waals surface area contributed by atoms with Gasteiger partial charge >= 0.3 is 5.97 Å². The third-order valence-corrected chi connectivity index (χ3v) is 3.33. The lowest BCUT2D eigenvalue weighted by Gasteiger charge is -2.22. The van der Waals surface area contributed by atoms with Crippen LogP contribution in [0.25, 0.3) is 11.0 Å². The second-order valence-corrected chi connectivity index (χ2v) is 6.17. The quantitative estimate of drug-likeness (QED) is 0.519. The third kappa shape index (κ3) is 2.36. The van der Waals surface area contributed by atoms with Crippen molar-refractivity contribution in [2.75, 3.05) is 11.9 Å². The van der Waals surface area contributed by atoms with Gasteiger partial charge in [0.05, 0.1) is 16.0 Å². The van der Waals surface area contributed by atoms with Crippen LogP contribution in [0, 0.1) is 10.1 Å². The molecular weight excluding hydrogens is 288 g/mol. The molecule has 0 saturated carbocycles. The van der Waals surface area contributed by atoms with E-state index in [2.05, 4.69) is 10.3 Å². The van der Waals surface area contributed by atoms with Crippen LogP contribution in [-0.4, -0.2) is 32.6 Å². The van der Waals surface area contributed by atoms with Gasteiger partial charge in [0.25, 0.3) is 5.69 Å². The molecule has 8 heteroatoms. The normalized spacial score (nSPS) is 17.1. The number of hydrogen-bond acceptors (Lipinski definition) is 6. The van der Waals surface area contributed by atoms with Crippen LogP contribution in [0.1, 0.15) is 26.8 Å². The Balaban J connectivity index is 2.05. The number of carbonyl (C=O) groups excluding carboxylic acids is 1. The van der Waals surface area contributed by atoms with Crippen molar-refractivity contribution < 1.29 is 14.5 Å². The van der Waals surface area contributed by atoms with Crippen molar-refractivity contribution in [3.63, 3.8) is 0 Å². The molecule has 3 rings (SSSR count). The van der Waals surface area contributed by atoms with Gasteiger partial charge in [-0.05, 0) is 26.8 Å². The summed E-state index contributed by atoms with van der Waals surface area (Å²) in [6, 6.07) is 3.82. The number of nitro benzene ring substituents is 1. The molecule has 0 fully saturated rings. The number of imidazole rings is 1. The maximum Gasteiger partial charge on any atom is 0.331 e. The van der Waals surface area contributed by atoms with E-state index in [1.54, 1.807) is 31.4 Å².